The van der Waals surface area contributed by atoms with Crippen molar-refractivity contribution in [2.75, 3.05) is 13.2 Å². The van der Waals surface area contributed by atoms with Gasteiger partial charge in [-0.1, -0.05) is 73.3 Å². The molecule has 0 aliphatic rings. The molecule has 0 unspecified atom stereocenters. The van der Waals surface area contributed by atoms with Gasteiger partial charge in [0.25, 0.3) is 5.91 Å². The molecule has 0 fully saturated rings. The topological polar surface area (TPSA) is 58.6 Å². The number of hydrogen-bond donors (Lipinski definition) is 1. The van der Waals surface area contributed by atoms with E-state index in [1.165, 1.54) is 4.90 Å². The third-order valence-electron chi connectivity index (χ3n) is 4.79. The number of para-hydroxylation sites is 1. The fourth-order valence-electron chi connectivity index (χ4n) is 3.06. The molecule has 0 aliphatic heterocycles. The Kier molecular flexibility index (Phi) is 10.4. The lowest BCUT2D eigenvalue weighted by Crippen LogP contribution is -2.50. The number of ether oxygens (including phenoxy) is 1. The third kappa shape index (κ3) is 7.30. The average Bonchev–Trinajstić information content (AvgIpc) is 2.75. The number of nitrogens with one attached hydrogen (secondary N) is 1. The summed E-state index contributed by atoms with van der Waals surface area (Å²) in [7, 11) is 0. The maximum Gasteiger partial charge on any atom is 0.261 e. The van der Waals surface area contributed by atoms with Gasteiger partial charge in [-0.05, 0) is 37.1 Å². The van der Waals surface area contributed by atoms with Crippen molar-refractivity contribution in [1.82, 2.24) is 10.2 Å². The van der Waals surface area contributed by atoms with Gasteiger partial charge < -0.3 is 15.0 Å². The molecule has 8 heteroatoms. The Morgan fingerprint density at radius 1 is 1.00 bits per heavy atom. The first kappa shape index (κ1) is 25.3. The van der Waals surface area contributed by atoms with Crippen LogP contribution in [0.15, 0.2) is 42.5 Å². The zero-order valence-corrected chi connectivity index (χ0v) is 19.9. The molecule has 2 rings (SSSR count). The summed E-state index contributed by atoms with van der Waals surface area (Å²) in [4.78, 5) is 27.5. The van der Waals surface area contributed by atoms with Crippen molar-refractivity contribution in [3.05, 3.63) is 63.1 Å². The first-order chi connectivity index (χ1) is 14.9. The van der Waals surface area contributed by atoms with Gasteiger partial charge in [0.2, 0.25) is 5.91 Å². The van der Waals surface area contributed by atoms with Crippen molar-refractivity contribution in [2.45, 2.75) is 45.7 Å². The molecule has 0 radical (unpaired) electrons. The zero-order valence-electron chi connectivity index (χ0n) is 17.7. The Morgan fingerprint density at radius 2 is 1.65 bits per heavy atom. The molecule has 0 aliphatic carbocycles. The van der Waals surface area contributed by atoms with Crippen LogP contribution >= 0.6 is 34.8 Å². The van der Waals surface area contributed by atoms with Gasteiger partial charge in [0.05, 0.1) is 5.02 Å². The molecule has 0 aromatic heterocycles. The van der Waals surface area contributed by atoms with Crippen molar-refractivity contribution in [3.8, 4) is 5.75 Å². The lowest BCUT2D eigenvalue weighted by molar-refractivity contribution is -0.143. The summed E-state index contributed by atoms with van der Waals surface area (Å²) in [6.45, 7) is 4.27. The van der Waals surface area contributed by atoms with Crippen molar-refractivity contribution in [3.63, 3.8) is 0 Å². The third-order valence-corrected chi connectivity index (χ3v) is 5.81. The van der Waals surface area contributed by atoms with Gasteiger partial charge in [-0.3, -0.25) is 9.59 Å². The summed E-state index contributed by atoms with van der Waals surface area (Å²) in [5.41, 5.74) is 0.580. The SMILES string of the molecule is CCCCNC(=O)[C@H](CC)N(Cc1c(Cl)cccc1Cl)C(=O)COc1ccccc1Cl. The Bertz CT molecular complexity index is 872. The van der Waals surface area contributed by atoms with Crippen LogP contribution in [0.4, 0.5) is 0 Å². The van der Waals surface area contributed by atoms with Crippen LogP contribution in [0.25, 0.3) is 0 Å². The lowest BCUT2D eigenvalue weighted by Gasteiger charge is -2.31. The molecule has 2 amide bonds. The smallest absolute Gasteiger partial charge is 0.261 e. The van der Waals surface area contributed by atoms with Gasteiger partial charge in [0.15, 0.2) is 6.61 Å². The minimum absolute atomic E-state index is 0.0862. The van der Waals surface area contributed by atoms with Gasteiger partial charge in [0.1, 0.15) is 11.8 Å². The van der Waals surface area contributed by atoms with Crippen LogP contribution < -0.4 is 10.1 Å². The van der Waals surface area contributed by atoms with E-state index in [-0.39, 0.29) is 25.0 Å². The summed E-state index contributed by atoms with van der Waals surface area (Å²) in [6.07, 6.45) is 2.25. The number of carbonyl (C=O) groups is 2. The molecule has 0 saturated carbocycles. The van der Waals surface area contributed by atoms with E-state index in [1.807, 2.05) is 13.8 Å². The molecule has 1 N–H and O–H groups in total. The van der Waals surface area contributed by atoms with Gasteiger partial charge in [-0.2, -0.15) is 0 Å². The highest BCUT2D eigenvalue weighted by Gasteiger charge is 2.30. The van der Waals surface area contributed by atoms with Crippen LogP contribution in [-0.4, -0.2) is 35.9 Å². The minimum Gasteiger partial charge on any atom is -0.482 e. The van der Waals surface area contributed by atoms with Crippen LogP contribution in [0.5, 0.6) is 5.75 Å². The van der Waals surface area contributed by atoms with E-state index in [0.717, 1.165) is 12.8 Å². The van der Waals surface area contributed by atoms with Gasteiger partial charge in [-0.15, -0.1) is 0 Å². The van der Waals surface area contributed by atoms with Crippen LogP contribution in [0.1, 0.15) is 38.7 Å². The number of benzene rings is 2. The Morgan fingerprint density at radius 3 is 2.26 bits per heavy atom. The fraction of sp³-hybridized carbons (Fsp3) is 0.391. The summed E-state index contributed by atoms with van der Waals surface area (Å²) < 4.78 is 5.63. The molecule has 5 nitrogen and oxygen atoms in total. The Hall–Kier alpha value is -1.95. The molecule has 168 valence electrons. The number of nitrogens with zero attached hydrogens (tertiary/aromatic N) is 1. The van der Waals surface area contributed by atoms with Gasteiger partial charge in [-0.25, -0.2) is 0 Å². The maximum absolute atomic E-state index is 13.2. The van der Waals surface area contributed by atoms with E-state index in [9.17, 15) is 9.59 Å². The second kappa shape index (κ2) is 12.8. The molecule has 0 heterocycles. The van der Waals surface area contributed by atoms with Gasteiger partial charge >= 0.3 is 0 Å². The quantitative estimate of drug-likeness (QED) is 0.412. The number of rotatable bonds is 11. The lowest BCUT2D eigenvalue weighted by atomic mass is 10.1. The number of unbranched alkanes of at least 4 members (excludes halogenated alkanes) is 1. The molecular formula is C23H27Cl3N2O3. The minimum atomic E-state index is -0.688. The molecule has 2 aromatic carbocycles. The molecule has 0 spiro atoms. The predicted molar refractivity (Wildman–Crippen MR) is 126 cm³/mol. The number of hydrogen-bond acceptors (Lipinski definition) is 3. The number of halogens is 3. The number of carbonyl (C=O) groups excluding carboxylic acids is 2. The first-order valence-corrected chi connectivity index (χ1v) is 11.4. The maximum atomic E-state index is 13.2. The first-order valence-electron chi connectivity index (χ1n) is 10.3. The monoisotopic (exact) mass is 484 g/mol. The molecule has 1 atom stereocenters. The second-order valence-corrected chi connectivity index (χ2v) is 8.23. The highest BCUT2D eigenvalue weighted by atomic mass is 35.5. The molecule has 0 bridgehead atoms. The van der Waals surface area contributed by atoms with Gasteiger partial charge in [0, 0.05) is 28.7 Å². The van der Waals surface area contributed by atoms with Crippen LogP contribution in [-0.2, 0) is 16.1 Å². The summed E-state index contributed by atoms with van der Waals surface area (Å²) in [5, 5.41) is 4.17. The molecular weight excluding hydrogens is 459 g/mol. The van der Waals surface area contributed by atoms with E-state index < -0.39 is 6.04 Å². The van der Waals surface area contributed by atoms with E-state index in [2.05, 4.69) is 5.32 Å². The molecule has 31 heavy (non-hydrogen) atoms. The van der Waals surface area contributed by atoms with E-state index >= 15 is 0 Å². The normalized spacial score (nSPS) is 11.6. The molecule has 0 saturated heterocycles. The Balaban J connectivity index is 2.26. The Labute approximate surface area is 198 Å². The van der Waals surface area contributed by atoms with Crippen LogP contribution in [0.2, 0.25) is 15.1 Å². The zero-order chi connectivity index (χ0) is 22.8. The van der Waals surface area contributed by atoms with E-state index in [0.29, 0.717) is 39.3 Å². The second-order valence-electron chi connectivity index (χ2n) is 7.01. The average molecular weight is 486 g/mol. The van der Waals surface area contributed by atoms with Crippen molar-refractivity contribution >= 4 is 46.6 Å². The highest BCUT2D eigenvalue weighted by molar-refractivity contribution is 6.36. The molecule has 2 aromatic rings. The standard InChI is InChI=1S/C23H27Cl3N2O3/c1-3-5-13-27-23(30)20(4-2)28(14-16-17(24)10-8-11-18(16)25)22(29)15-31-21-12-7-6-9-19(21)26/h6-12,20H,3-5,13-15H2,1-2H3,(H,27,30)/t20-/m0/s1. The van der Waals surface area contributed by atoms with E-state index in [4.69, 9.17) is 39.5 Å². The predicted octanol–water partition coefficient (Wildman–Crippen LogP) is 5.75. The summed E-state index contributed by atoms with van der Waals surface area (Å²) in [6, 6.07) is 11.3. The van der Waals surface area contributed by atoms with Crippen LogP contribution in [0.3, 0.4) is 0 Å². The summed E-state index contributed by atoms with van der Waals surface area (Å²) in [5.74, 6) is -0.188. The van der Waals surface area contributed by atoms with E-state index in [1.54, 1.807) is 42.5 Å². The largest absolute Gasteiger partial charge is 0.482 e. The highest BCUT2D eigenvalue weighted by Crippen LogP contribution is 2.27. The summed E-state index contributed by atoms with van der Waals surface area (Å²) >= 11 is 18.8. The van der Waals surface area contributed by atoms with Crippen LogP contribution in [0, 0.1) is 0 Å². The fourth-order valence-corrected chi connectivity index (χ4v) is 3.77. The van der Waals surface area contributed by atoms with Crippen molar-refractivity contribution in [2.24, 2.45) is 0 Å². The van der Waals surface area contributed by atoms with Crippen molar-refractivity contribution in [1.29, 1.82) is 0 Å². The number of amides is 2. The van der Waals surface area contributed by atoms with Crippen molar-refractivity contribution < 1.29 is 14.3 Å².